The summed E-state index contributed by atoms with van der Waals surface area (Å²) in [4.78, 5) is 0. The first-order valence-electron chi connectivity index (χ1n) is 5.62. The Labute approximate surface area is 93.2 Å². The Hall–Kier alpha value is -1.35. The predicted molar refractivity (Wildman–Crippen MR) is 60.8 cm³/mol. The zero-order valence-corrected chi connectivity index (χ0v) is 9.00. The van der Waals surface area contributed by atoms with E-state index in [1.54, 1.807) is 18.4 Å². The summed E-state index contributed by atoms with van der Waals surface area (Å²) in [6.07, 6.45) is 4.70. The first-order chi connectivity index (χ1) is 7.75. The van der Waals surface area contributed by atoms with Gasteiger partial charge >= 0.3 is 0 Å². The third-order valence-electron chi connectivity index (χ3n) is 3.56. The minimum Gasteiger partial charge on any atom is -0.464 e. The molecule has 0 amide bonds. The third kappa shape index (κ3) is 1.35. The largest absolute Gasteiger partial charge is 0.464 e. The molecule has 1 heterocycles. The second-order valence-electron chi connectivity index (χ2n) is 4.61. The van der Waals surface area contributed by atoms with E-state index in [2.05, 4.69) is 0 Å². The van der Waals surface area contributed by atoms with Crippen LogP contribution in [0, 0.1) is 5.82 Å². The van der Waals surface area contributed by atoms with Crippen molar-refractivity contribution in [1.29, 1.82) is 0 Å². The molecule has 0 radical (unpaired) electrons. The molecule has 3 rings (SSSR count). The number of fused-ring (bicyclic) bond motifs is 1. The van der Waals surface area contributed by atoms with Gasteiger partial charge in [0.05, 0.1) is 6.26 Å². The van der Waals surface area contributed by atoms with Gasteiger partial charge in [-0.05, 0) is 44.0 Å². The number of halogens is 1. The maximum atomic E-state index is 13.5. The smallest absolute Gasteiger partial charge is 0.137 e. The number of hydrogen-bond donors (Lipinski definition) is 1. The van der Waals surface area contributed by atoms with E-state index >= 15 is 0 Å². The summed E-state index contributed by atoms with van der Waals surface area (Å²) < 4.78 is 19.0. The lowest BCUT2D eigenvalue weighted by molar-refractivity contribution is 0.571. The minimum atomic E-state index is -0.188. The maximum Gasteiger partial charge on any atom is 0.137 e. The quantitative estimate of drug-likeness (QED) is 0.862. The zero-order valence-electron chi connectivity index (χ0n) is 9.00. The molecule has 16 heavy (non-hydrogen) atoms. The Kier molecular flexibility index (Phi) is 2.04. The molecule has 2 N–H and O–H groups in total. The Balaban J connectivity index is 2.18. The van der Waals surface area contributed by atoms with Crippen molar-refractivity contribution in [2.45, 2.75) is 24.7 Å². The van der Waals surface area contributed by atoms with Crippen molar-refractivity contribution in [1.82, 2.24) is 0 Å². The number of nitrogens with two attached hydrogens (primary N) is 1. The molecule has 1 aromatic heterocycles. The van der Waals surface area contributed by atoms with Crippen LogP contribution in [0.4, 0.5) is 4.39 Å². The molecule has 0 atom stereocenters. The van der Waals surface area contributed by atoms with E-state index in [0.29, 0.717) is 6.54 Å². The highest BCUT2D eigenvalue weighted by molar-refractivity contribution is 5.82. The lowest BCUT2D eigenvalue weighted by Crippen LogP contribution is -2.13. The van der Waals surface area contributed by atoms with E-state index in [-0.39, 0.29) is 11.2 Å². The van der Waals surface area contributed by atoms with Crippen LogP contribution in [0.2, 0.25) is 0 Å². The van der Waals surface area contributed by atoms with Crippen LogP contribution in [0.15, 0.2) is 28.9 Å². The van der Waals surface area contributed by atoms with Crippen molar-refractivity contribution in [3.05, 3.63) is 35.8 Å². The number of furan rings is 1. The van der Waals surface area contributed by atoms with Gasteiger partial charge in [0, 0.05) is 16.4 Å². The van der Waals surface area contributed by atoms with Gasteiger partial charge in [-0.15, -0.1) is 0 Å². The molecule has 2 aromatic rings. The summed E-state index contributed by atoms with van der Waals surface area (Å²) in [5.41, 5.74) is 7.53. The molecule has 3 heteroatoms. The highest BCUT2D eigenvalue weighted by Gasteiger charge is 2.45. The van der Waals surface area contributed by atoms with Crippen LogP contribution in [-0.2, 0) is 5.41 Å². The first kappa shape index (κ1) is 9.85. The van der Waals surface area contributed by atoms with Crippen molar-refractivity contribution in [3.8, 4) is 0 Å². The van der Waals surface area contributed by atoms with Gasteiger partial charge in [0.2, 0.25) is 0 Å². The van der Waals surface area contributed by atoms with Crippen LogP contribution in [-0.4, -0.2) is 6.54 Å². The first-order valence-corrected chi connectivity index (χ1v) is 5.62. The van der Waals surface area contributed by atoms with Crippen LogP contribution >= 0.6 is 0 Å². The van der Waals surface area contributed by atoms with Gasteiger partial charge < -0.3 is 10.2 Å². The van der Waals surface area contributed by atoms with Gasteiger partial charge in [0.15, 0.2) is 0 Å². The Morgan fingerprint density at radius 3 is 2.88 bits per heavy atom. The summed E-state index contributed by atoms with van der Waals surface area (Å²) in [5, 5.41) is 0.846. The third-order valence-corrected chi connectivity index (χ3v) is 3.56. The zero-order chi connectivity index (χ0) is 11.2. The van der Waals surface area contributed by atoms with Crippen molar-refractivity contribution < 1.29 is 8.81 Å². The van der Waals surface area contributed by atoms with E-state index in [1.165, 1.54) is 6.07 Å². The van der Waals surface area contributed by atoms with Gasteiger partial charge in [0.25, 0.3) is 0 Å². The molecule has 0 unspecified atom stereocenters. The fourth-order valence-electron chi connectivity index (χ4n) is 2.52. The van der Waals surface area contributed by atoms with Gasteiger partial charge in [-0.25, -0.2) is 4.39 Å². The lowest BCUT2D eigenvalue weighted by Gasteiger charge is -2.14. The fraction of sp³-hybridized carbons (Fsp3) is 0.385. The molecule has 1 aromatic carbocycles. The molecule has 1 aliphatic rings. The SMILES string of the molecule is NCCC1(c2cc(F)cc3ccoc23)CC1. The Morgan fingerprint density at radius 1 is 1.38 bits per heavy atom. The standard InChI is InChI=1S/C13H14FNO/c14-10-7-9-1-6-16-12(9)11(8-10)13(2-3-13)4-5-15/h1,6-8H,2-5,15H2. The molecule has 1 saturated carbocycles. The molecule has 0 bridgehead atoms. The monoisotopic (exact) mass is 219 g/mol. The summed E-state index contributed by atoms with van der Waals surface area (Å²) in [5.74, 6) is -0.188. The molecule has 84 valence electrons. The van der Waals surface area contributed by atoms with E-state index < -0.39 is 0 Å². The van der Waals surface area contributed by atoms with Crippen LogP contribution in [0.5, 0.6) is 0 Å². The molecule has 1 aliphatic carbocycles. The van der Waals surface area contributed by atoms with Gasteiger partial charge in [0.1, 0.15) is 11.4 Å². The number of benzene rings is 1. The average molecular weight is 219 g/mol. The minimum absolute atomic E-state index is 0.0763. The Bertz CT molecular complexity index is 528. The molecule has 0 aliphatic heterocycles. The Morgan fingerprint density at radius 2 is 2.19 bits per heavy atom. The van der Waals surface area contributed by atoms with E-state index in [0.717, 1.165) is 35.8 Å². The van der Waals surface area contributed by atoms with Crippen molar-refractivity contribution >= 4 is 11.0 Å². The van der Waals surface area contributed by atoms with E-state index in [4.69, 9.17) is 10.2 Å². The van der Waals surface area contributed by atoms with Crippen LogP contribution < -0.4 is 5.73 Å². The normalized spacial score (nSPS) is 17.9. The summed E-state index contributed by atoms with van der Waals surface area (Å²) in [6.45, 7) is 0.638. The lowest BCUT2D eigenvalue weighted by atomic mass is 9.91. The summed E-state index contributed by atoms with van der Waals surface area (Å²) in [6, 6.07) is 4.93. The van der Waals surface area contributed by atoms with Crippen LogP contribution in [0.1, 0.15) is 24.8 Å². The van der Waals surface area contributed by atoms with Crippen LogP contribution in [0.25, 0.3) is 11.0 Å². The maximum absolute atomic E-state index is 13.5. The summed E-state index contributed by atoms with van der Waals surface area (Å²) >= 11 is 0. The average Bonchev–Trinajstić information content (AvgIpc) is 2.88. The van der Waals surface area contributed by atoms with Crippen molar-refractivity contribution in [2.24, 2.45) is 5.73 Å². The second kappa shape index (κ2) is 3.32. The topological polar surface area (TPSA) is 39.2 Å². The highest BCUT2D eigenvalue weighted by atomic mass is 19.1. The fourth-order valence-corrected chi connectivity index (χ4v) is 2.52. The van der Waals surface area contributed by atoms with Gasteiger partial charge in [-0.1, -0.05) is 0 Å². The van der Waals surface area contributed by atoms with Crippen molar-refractivity contribution in [3.63, 3.8) is 0 Å². The highest BCUT2D eigenvalue weighted by Crippen LogP contribution is 2.52. The van der Waals surface area contributed by atoms with Crippen molar-refractivity contribution in [2.75, 3.05) is 6.54 Å². The molecule has 0 saturated heterocycles. The molecule has 1 fully saturated rings. The molecular weight excluding hydrogens is 205 g/mol. The number of rotatable bonds is 3. The van der Waals surface area contributed by atoms with Crippen LogP contribution in [0.3, 0.4) is 0 Å². The second-order valence-corrected chi connectivity index (χ2v) is 4.61. The van der Waals surface area contributed by atoms with Gasteiger partial charge in [-0.2, -0.15) is 0 Å². The number of hydrogen-bond acceptors (Lipinski definition) is 2. The van der Waals surface area contributed by atoms with Gasteiger partial charge in [-0.3, -0.25) is 0 Å². The van der Waals surface area contributed by atoms with E-state index in [1.807, 2.05) is 0 Å². The molecule has 0 spiro atoms. The van der Waals surface area contributed by atoms with E-state index in [9.17, 15) is 4.39 Å². The predicted octanol–water partition coefficient (Wildman–Crippen LogP) is 2.95. The molecule has 2 nitrogen and oxygen atoms in total. The molecular formula is C13H14FNO. The summed E-state index contributed by atoms with van der Waals surface area (Å²) in [7, 11) is 0.